The van der Waals surface area contributed by atoms with Crippen molar-refractivity contribution in [3.63, 3.8) is 0 Å². The molecule has 3 aromatic rings. The second-order valence-electron chi connectivity index (χ2n) is 6.90. The van der Waals surface area contributed by atoms with E-state index in [0.29, 0.717) is 11.4 Å². The Morgan fingerprint density at radius 3 is 2.50 bits per heavy atom. The van der Waals surface area contributed by atoms with Crippen LogP contribution in [0, 0.1) is 10.1 Å². The van der Waals surface area contributed by atoms with Crippen molar-refractivity contribution in [2.45, 2.75) is 13.0 Å². The third-order valence-corrected chi connectivity index (χ3v) is 6.52. The molecule has 1 atom stereocenters. The fraction of sp³-hybridized carbons (Fsp3) is 0.316. The van der Waals surface area contributed by atoms with Crippen LogP contribution in [0.2, 0.25) is 5.02 Å². The first kappa shape index (κ1) is 20.5. The lowest BCUT2D eigenvalue weighted by Gasteiger charge is -2.38. The number of non-ortho nitro benzene ring substituents is 1. The fourth-order valence-electron chi connectivity index (χ4n) is 3.49. The molecule has 0 amide bonds. The van der Waals surface area contributed by atoms with Gasteiger partial charge in [-0.25, -0.2) is 4.98 Å². The molecular formula is C19H19ClN6O3S. The van der Waals surface area contributed by atoms with E-state index in [0.717, 1.165) is 35.9 Å². The number of anilines is 1. The number of nitro benzene ring substituents is 1. The first-order valence-electron chi connectivity index (χ1n) is 9.37. The Kier molecular flexibility index (Phi) is 5.80. The van der Waals surface area contributed by atoms with Crippen LogP contribution in [0.3, 0.4) is 0 Å². The molecule has 0 N–H and O–H groups in total. The summed E-state index contributed by atoms with van der Waals surface area (Å²) in [7, 11) is 0. The normalized spacial score (nSPS) is 15.9. The number of hydrogen-bond donors (Lipinski definition) is 0. The van der Waals surface area contributed by atoms with Crippen LogP contribution < -0.4 is 10.5 Å². The number of thiazole rings is 1. The minimum absolute atomic E-state index is 0.0561. The molecule has 1 fully saturated rings. The van der Waals surface area contributed by atoms with Crippen molar-refractivity contribution < 1.29 is 4.92 Å². The van der Waals surface area contributed by atoms with E-state index >= 15 is 0 Å². The molecule has 0 aliphatic carbocycles. The molecule has 0 spiro atoms. The Morgan fingerprint density at radius 1 is 1.20 bits per heavy atom. The summed E-state index contributed by atoms with van der Waals surface area (Å²) in [6, 6.07) is 5.85. The minimum Gasteiger partial charge on any atom is -0.366 e. The maximum Gasteiger partial charge on any atom is 0.292 e. The van der Waals surface area contributed by atoms with Crippen LogP contribution in [0.25, 0.3) is 5.69 Å². The number of halogens is 1. The molecule has 9 nitrogen and oxygen atoms in total. The van der Waals surface area contributed by atoms with Crippen LogP contribution in [0.4, 0.5) is 11.4 Å². The van der Waals surface area contributed by atoms with Gasteiger partial charge in [0.05, 0.1) is 28.5 Å². The molecule has 1 aliphatic rings. The smallest absolute Gasteiger partial charge is 0.292 e. The van der Waals surface area contributed by atoms with Crippen LogP contribution in [-0.4, -0.2) is 50.8 Å². The quantitative estimate of drug-likeness (QED) is 0.438. The second kappa shape index (κ2) is 8.50. The number of rotatable bonds is 5. The average molecular weight is 447 g/mol. The number of hydrogen-bond acceptors (Lipinski definition) is 8. The van der Waals surface area contributed by atoms with E-state index in [-0.39, 0.29) is 16.8 Å². The lowest BCUT2D eigenvalue weighted by molar-refractivity contribution is -0.384. The number of nitrogens with zero attached hydrogens (tertiary/aromatic N) is 6. The third kappa shape index (κ3) is 3.93. The number of aromatic nitrogens is 3. The molecule has 1 aromatic carbocycles. The van der Waals surface area contributed by atoms with Crippen molar-refractivity contribution in [1.82, 2.24) is 19.7 Å². The van der Waals surface area contributed by atoms with Crippen molar-refractivity contribution in [2.75, 3.05) is 31.1 Å². The van der Waals surface area contributed by atoms with Gasteiger partial charge in [-0.05, 0) is 19.1 Å². The molecule has 11 heteroatoms. The molecule has 1 aliphatic heterocycles. The van der Waals surface area contributed by atoms with Gasteiger partial charge in [-0.1, -0.05) is 11.6 Å². The molecule has 156 valence electrons. The highest BCUT2D eigenvalue weighted by Gasteiger charge is 2.25. The highest BCUT2D eigenvalue weighted by Crippen LogP contribution is 2.27. The predicted molar refractivity (Wildman–Crippen MR) is 116 cm³/mol. The molecule has 2 aromatic heterocycles. The standard InChI is InChI=1S/C19H19ClN6O3S/c1-13(18-21-6-11-30-18)23-7-9-24(10-8-23)16-12-22-25(19(27)17(16)20)14-2-4-15(5-3-14)26(28)29/h2-6,11-13H,7-10H2,1H3. The summed E-state index contributed by atoms with van der Waals surface area (Å²) < 4.78 is 1.15. The van der Waals surface area contributed by atoms with Crippen LogP contribution >= 0.6 is 22.9 Å². The SMILES string of the molecule is CC(c1nccs1)N1CCN(c2cnn(-c3ccc([N+](=O)[O-])cc3)c(=O)c2Cl)CC1. The van der Waals surface area contributed by atoms with Gasteiger partial charge < -0.3 is 4.90 Å². The van der Waals surface area contributed by atoms with Gasteiger partial charge in [-0.2, -0.15) is 9.78 Å². The fourth-order valence-corrected chi connectivity index (χ4v) is 4.47. The summed E-state index contributed by atoms with van der Waals surface area (Å²) in [6.07, 6.45) is 3.39. The molecule has 4 rings (SSSR count). The Hall–Kier alpha value is -2.82. The highest BCUT2D eigenvalue weighted by molar-refractivity contribution is 7.09. The van der Waals surface area contributed by atoms with Crippen molar-refractivity contribution in [3.05, 3.63) is 72.5 Å². The summed E-state index contributed by atoms with van der Waals surface area (Å²) in [5, 5.41) is 18.2. The Labute approximate surface area is 181 Å². The zero-order chi connectivity index (χ0) is 21.3. The molecule has 3 heterocycles. The summed E-state index contributed by atoms with van der Waals surface area (Å²) >= 11 is 8.05. The lowest BCUT2D eigenvalue weighted by atomic mass is 10.2. The van der Waals surface area contributed by atoms with Crippen molar-refractivity contribution in [3.8, 4) is 5.69 Å². The van der Waals surface area contributed by atoms with Gasteiger partial charge in [-0.3, -0.25) is 19.8 Å². The molecule has 0 saturated carbocycles. The molecule has 1 unspecified atom stereocenters. The second-order valence-corrected chi connectivity index (χ2v) is 8.21. The Morgan fingerprint density at radius 2 is 1.90 bits per heavy atom. The summed E-state index contributed by atoms with van der Waals surface area (Å²) in [5.74, 6) is 0. The van der Waals surface area contributed by atoms with Crippen molar-refractivity contribution in [2.24, 2.45) is 0 Å². The highest BCUT2D eigenvalue weighted by atomic mass is 35.5. The maximum atomic E-state index is 12.8. The van der Waals surface area contributed by atoms with Crippen LogP contribution in [-0.2, 0) is 0 Å². The van der Waals surface area contributed by atoms with Gasteiger partial charge in [0.1, 0.15) is 10.0 Å². The maximum absolute atomic E-state index is 12.8. The Balaban J connectivity index is 1.50. The number of piperazine rings is 1. The van der Waals surface area contributed by atoms with E-state index in [1.54, 1.807) is 17.5 Å². The molecule has 0 bridgehead atoms. The van der Waals surface area contributed by atoms with Gasteiger partial charge in [0, 0.05) is 49.9 Å². The first-order valence-corrected chi connectivity index (χ1v) is 10.6. The van der Waals surface area contributed by atoms with Gasteiger partial charge in [-0.15, -0.1) is 11.3 Å². The monoisotopic (exact) mass is 446 g/mol. The minimum atomic E-state index is -0.495. The first-order chi connectivity index (χ1) is 14.5. The van der Waals surface area contributed by atoms with E-state index in [1.807, 2.05) is 11.6 Å². The molecule has 0 radical (unpaired) electrons. The van der Waals surface area contributed by atoms with Gasteiger partial charge in [0.2, 0.25) is 0 Å². The third-order valence-electron chi connectivity index (χ3n) is 5.22. The van der Waals surface area contributed by atoms with Crippen LogP contribution in [0.1, 0.15) is 18.0 Å². The predicted octanol–water partition coefficient (Wildman–Crippen LogP) is 3.13. The average Bonchev–Trinajstić information content (AvgIpc) is 3.30. The molecule has 30 heavy (non-hydrogen) atoms. The lowest BCUT2D eigenvalue weighted by Crippen LogP contribution is -2.47. The van der Waals surface area contributed by atoms with E-state index in [1.165, 1.54) is 24.3 Å². The van der Waals surface area contributed by atoms with Gasteiger partial charge >= 0.3 is 0 Å². The largest absolute Gasteiger partial charge is 0.366 e. The Bertz CT molecular complexity index is 1090. The van der Waals surface area contributed by atoms with Crippen molar-refractivity contribution in [1.29, 1.82) is 0 Å². The van der Waals surface area contributed by atoms with E-state index in [4.69, 9.17) is 11.6 Å². The number of nitro groups is 1. The van der Waals surface area contributed by atoms with E-state index < -0.39 is 10.5 Å². The zero-order valence-corrected chi connectivity index (χ0v) is 17.7. The van der Waals surface area contributed by atoms with Gasteiger partial charge in [0.25, 0.3) is 11.2 Å². The zero-order valence-electron chi connectivity index (χ0n) is 16.1. The summed E-state index contributed by atoms with van der Waals surface area (Å²) in [5.41, 5.74) is 0.503. The molecular weight excluding hydrogens is 428 g/mol. The van der Waals surface area contributed by atoms with E-state index in [9.17, 15) is 14.9 Å². The number of benzene rings is 1. The van der Waals surface area contributed by atoms with Gasteiger partial charge in [0.15, 0.2) is 0 Å². The van der Waals surface area contributed by atoms with Crippen molar-refractivity contribution >= 4 is 34.3 Å². The molecule has 1 saturated heterocycles. The van der Waals surface area contributed by atoms with Crippen LogP contribution in [0.15, 0.2) is 46.8 Å². The summed E-state index contributed by atoms with van der Waals surface area (Å²) in [6.45, 7) is 5.23. The van der Waals surface area contributed by atoms with E-state index in [2.05, 4.69) is 26.8 Å². The summed E-state index contributed by atoms with van der Waals surface area (Å²) in [4.78, 5) is 31.9. The van der Waals surface area contributed by atoms with Crippen LogP contribution in [0.5, 0.6) is 0 Å². The topological polar surface area (TPSA) is 97.4 Å².